The number of hydrogen-bond acceptors (Lipinski definition) is 5. The lowest BCUT2D eigenvalue weighted by molar-refractivity contribution is -0.0373. The largest absolute Gasteiger partial charge is 0.368 e. The summed E-state index contributed by atoms with van der Waals surface area (Å²) in [5, 5.41) is 7.04. The van der Waals surface area contributed by atoms with Gasteiger partial charge in [-0.3, -0.25) is 10.00 Å². The number of rotatable bonds is 3. The van der Waals surface area contributed by atoms with E-state index in [0.29, 0.717) is 6.61 Å². The van der Waals surface area contributed by atoms with Gasteiger partial charge in [0.1, 0.15) is 6.10 Å². The van der Waals surface area contributed by atoms with E-state index in [1.54, 1.807) is 6.20 Å². The van der Waals surface area contributed by atoms with E-state index in [4.69, 9.17) is 4.74 Å². The maximum absolute atomic E-state index is 5.81. The lowest BCUT2D eigenvalue weighted by Crippen LogP contribution is -2.38. The molecular weight excluding hydrogens is 254 g/mol. The highest BCUT2D eigenvalue weighted by Gasteiger charge is 2.24. The van der Waals surface area contributed by atoms with E-state index in [2.05, 4.69) is 25.1 Å². The van der Waals surface area contributed by atoms with Crippen molar-refractivity contribution in [1.29, 1.82) is 0 Å². The van der Waals surface area contributed by atoms with Crippen molar-refractivity contribution in [3.8, 4) is 0 Å². The maximum atomic E-state index is 5.81. The average Bonchev–Trinajstić information content (AvgIpc) is 2.85. The van der Waals surface area contributed by atoms with Gasteiger partial charge in [-0.05, 0) is 19.9 Å². The Morgan fingerprint density at radius 1 is 1.45 bits per heavy atom. The number of nitrogens with one attached hydrogen (secondary N) is 1. The van der Waals surface area contributed by atoms with Crippen LogP contribution in [0.2, 0.25) is 0 Å². The van der Waals surface area contributed by atoms with Gasteiger partial charge in [0.15, 0.2) is 5.82 Å². The monoisotopic (exact) mass is 273 g/mol. The van der Waals surface area contributed by atoms with Gasteiger partial charge >= 0.3 is 0 Å². The van der Waals surface area contributed by atoms with E-state index < -0.39 is 0 Å². The number of H-pyrrole nitrogens is 1. The average molecular weight is 273 g/mol. The number of hydrogen-bond donors (Lipinski definition) is 1. The first-order valence-electron chi connectivity index (χ1n) is 6.85. The molecule has 6 heteroatoms. The van der Waals surface area contributed by atoms with E-state index in [9.17, 15) is 0 Å². The van der Waals surface area contributed by atoms with Crippen molar-refractivity contribution in [1.82, 2.24) is 25.1 Å². The minimum atomic E-state index is -0.0455. The van der Waals surface area contributed by atoms with Crippen LogP contribution < -0.4 is 0 Å². The first kappa shape index (κ1) is 13.2. The van der Waals surface area contributed by atoms with E-state index in [-0.39, 0.29) is 6.10 Å². The highest BCUT2D eigenvalue weighted by molar-refractivity contribution is 5.14. The summed E-state index contributed by atoms with van der Waals surface area (Å²) in [6.07, 6.45) is 3.64. The molecule has 1 fully saturated rings. The molecule has 20 heavy (non-hydrogen) atoms. The standard InChI is InChI=1S/C14H19N5O/c1-10-3-4-15-14(17-10)13-9-19(5-6-20-13)8-12-7-16-18-11(12)2/h3-4,7,13H,5-6,8-9H2,1-2H3,(H,16,18)/t13-/m0/s1. The Balaban J connectivity index is 1.69. The minimum absolute atomic E-state index is 0.0455. The van der Waals surface area contributed by atoms with Crippen molar-refractivity contribution in [3.05, 3.63) is 41.2 Å². The van der Waals surface area contributed by atoms with Gasteiger partial charge in [-0.1, -0.05) is 0 Å². The number of ether oxygens (including phenoxy) is 1. The van der Waals surface area contributed by atoms with Gasteiger partial charge in [0, 0.05) is 42.8 Å². The van der Waals surface area contributed by atoms with Gasteiger partial charge in [0.25, 0.3) is 0 Å². The Morgan fingerprint density at radius 3 is 3.10 bits per heavy atom. The van der Waals surface area contributed by atoms with Crippen LogP contribution in [0, 0.1) is 13.8 Å². The van der Waals surface area contributed by atoms with Crippen molar-refractivity contribution in [2.45, 2.75) is 26.5 Å². The van der Waals surface area contributed by atoms with Crippen LogP contribution in [-0.2, 0) is 11.3 Å². The van der Waals surface area contributed by atoms with Crippen LogP contribution >= 0.6 is 0 Å². The third-order valence-electron chi connectivity index (χ3n) is 3.58. The zero-order valence-corrected chi connectivity index (χ0v) is 11.8. The second-order valence-corrected chi connectivity index (χ2v) is 5.17. The van der Waals surface area contributed by atoms with Crippen LogP contribution in [0.25, 0.3) is 0 Å². The fourth-order valence-electron chi connectivity index (χ4n) is 2.40. The minimum Gasteiger partial charge on any atom is -0.368 e. The highest BCUT2D eigenvalue weighted by Crippen LogP contribution is 2.20. The molecule has 2 aromatic rings. The molecule has 1 N–H and O–H groups in total. The predicted molar refractivity (Wildman–Crippen MR) is 74.1 cm³/mol. The molecule has 1 saturated heterocycles. The molecule has 1 atom stereocenters. The Kier molecular flexibility index (Phi) is 3.75. The number of aryl methyl sites for hydroxylation is 2. The molecule has 3 heterocycles. The lowest BCUT2D eigenvalue weighted by Gasteiger charge is -2.32. The number of aromatic amines is 1. The third kappa shape index (κ3) is 2.86. The van der Waals surface area contributed by atoms with Crippen LogP contribution in [0.1, 0.15) is 28.9 Å². The molecule has 3 rings (SSSR count). The predicted octanol–water partition coefficient (Wildman–Crippen LogP) is 1.39. The van der Waals surface area contributed by atoms with Crippen molar-refractivity contribution < 1.29 is 4.74 Å². The molecule has 0 bridgehead atoms. The van der Waals surface area contributed by atoms with Gasteiger partial charge in [-0.15, -0.1) is 0 Å². The van der Waals surface area contributed by atoms with Crippen molar-refractivity contribution in [2.75, 3.05) is 19.7 Å². The van der Waals surface area contributed by atoms with E-state index in [1.165, 1.54) is 5.56 Å². The molecular formula is C14H19N5O. The van der Waals surface area contributed by atoms with Gasteiger partial charge in [-0.2, -0.15) is 5.10 Å². The number of morpholine rings is 1. The number of nitrogens with zero attached hydrogens (tertiary/aromatic N) is 4. The Morgan fingerprint density at radius 2 is 2.35 bits per heavy atom. The van der Waals surface area contributed by atoms with Crippen LogP contribution in [0.15, 0.2) is 18.5 Å². The summed E-state index contributed by atoms with van der Waals surface area (Å²) in [4.78, 5) is 11.2. The Labute approximate surface area is 118 Å². The fourth-order valence-corrected chi connectivity index (χ4v) is 2.40. The molecule has 0 saturated carbocycles. The topological polar surface area (TPSA) is 66.9 Å². The number of aromatic nitrogens is 4. The summed E-state index contributed by atoms with van der Waals surface area (Å²) in [5.74, 6) is 0.776. The third-order valence-corrected chi connectivity index (χ3v) is 3.58. The van der Waals surface area contributed by atoms with E-state index in [0.717, 1.165) is 36.8 Å². The van der Waals surface area contributed by atoms with Crippen LogP contribution in [0.4, 0.5) is 0 Å². The molecule has 0 radical (unpaired) electrons. The van der Waals surface area contributed by atoms with Gasteiger partial charge in [0.05, 0.1) is 12.8 Å². The lowest BCUT2D eigenvalue weighted by atomic mass is 10.2. The SMILES string of the molecule is Cc1ccnc([C@@H]2CN(Cc3cn[nH]c3C)CCO2)n1. The smallest absolute Gasteiger partial charge is 0.158 e. The van der Waals surface area contributed by atoms with Crippen LogP contribution in [0.3, 0.4) is 0 Å². The van der Waals surface area contributed by atoms with Crippen LogP contribution in [0.5, 0.6) is 0 Å². The van der Waals surface area contributed by atoms with Gasteiger partial charge in [0.2, 0.25) is 0 Å². The molecule has 1 aliphatic rings. The van der Waals surface area contributed by atoms with Crippen LogP contribution in [-0.4, -0.2) is 44.8 Å². The Hall–Kier alpha value is -1.79. The molecule has 0 spiro atoms. The van der Waals surface area contributed by atoms with Crippen molar-refractivity contribution in [2.24, 2.45) is 0 Å². The zero-order valence-electron chi connectivity index (χ0n) is 11.8. The molecule has 2 aromatic heterocycles. The molecule has 0 aliphatic carbocycles. The van der Waals surface area contributed by atoms with Gasteiger partial charge < -0.3 is 4.74 Å². The highest BCUT2D eigenvalue weighted by atomic mass is 16.5. The summed E-state index contributed by atoms with van der Waals surface area (Å²) in [6, 6.07) is 1.90. The first-order chi connectivity index (χ1) is 9.72. The molecule has 1 aliphatic heterocycles. The molecule has 0 amide bonds. The maximum Gasteiger partial charge on any atom is 0.158 e. The first-order valence-corrected chi connectivity index (χ1v) is 6.85. The molecule has 6 nitrogen and oxygen atoms in total. The second kappa shape index (κ2) is 5.68. The summed E-state index contributed by atoms with van der Waals surface area (Å²) < 4.78 is 5.81. The normalized spacial score (nSPS) is 20.2. The molecule has 0 aromatic carbocycles. The summed E-state index contributed by atoms with van der Waals surface area (Å²) in [5.41, 5.74) is 3.33. The summed E-state index contributed by atoms with van der Waals surface area (Å²) >= 11 is 0. The second-order valence-electron chi connectivity index (χ2n) is 5.17. The summed E-state index contributed by atoms with van der Waals surface area (Å²) in [7, 11) is 0. The quantitative estimate of drug-likeness (QED) is 0.915. The van der Waals surface area contributed by atoms with Gasteiger partial charge in [-0.25, -0.2) is 9.97 Å². The zero-order chi connectivity index (χ0) is 13.9. The van der Waals surface area contributed by atoms with Crippen molar-refractivity contribution >= 4 is 0 Å². The molecule has 0 unspecified atom stereocenters. The van der Waals surface area contributed by atoms with E-state index in [1.807, 2.05) is 26.1 Å². The molecule has 106 valence electrons. The van der Waals surface area contributed by atoms with Crippen molar-refractivity contribution in [3.63, 3.8) is 0 Å². The fraction of sp³-hybridized carbons (Fsp3) is 0.500. The summed E-state index contributed by atoms with van der Waals surface area (Å²) in [6.45, 7) is 7.35. The Bertz CT molecular complexity index is 582. The van der Waals surface area contributed by atoms with E-state index >= 15 is 0 Å².